The van der Waals surface area contributed by atoms with Crippen LogP contribution in [0.25, 0.3) is 0 Å². The largest absolute Gasteiger partial charge is 0.316 e. The summed E-state index contributed by atoms with van der Waals surface area (Å²) in [4.78, 5) is 4.46. The lowest BCUT2D eigenvalue weighted by Crippen LogP contribution is -2.27. The maximum absolute atomic E-state index is 4.46. The Hall–Kier alpha value is -0.900. The molecule has 1 aliphatic rings. The summed E-state index contributed by atoms with van der Waals surface area (Å²) in [5.41, 5.74) is 0. The van der Waals surface area contributed by atoms with Gasteiger partial charge in [-0.2, -0.15) is 5.10 Å². The van der Waals surface area contributed by atoms with Crippen LogP contribution in [-0.2, 0) is 6.42 Å². The van der Waals surface area contributed by atoms with E-state index in [1.54, 1.807) is 6.33 Å². The predicted octanol–water partition coefficient (Wildman–Crippen LogP) is 2.82. The summed E-state index contributed by atoms with van der Waals surface area (Å²) in [6.07, 6.45) is 8.11. The Morgan fingerprint density at radius 3 is 2.89 bits per heavy atom. The Labute approximate surface area is 117 Å². The van der Waals surface area contributed by atoms with E-state index in [1.807, 2.05) is 0 Å². The van der Waals surface area contributed by atoms with Crippen molar-refractivity contribution in [2.75, 3.05) is 13.1 Å². The van der Waals surface area contributed by atoms with Crippen molar-refractivity contribution >= 4 is 0 Å². The molecule has 4 heteroatoms. The van der Waals surface area contributed by atoms with Crippen molar-refractivity contribution in [3.8, 4) is 0 Å². The van der Waals surface area contributed by atoms with E-state index in [4.69, 9.17) is 0 Å². The molecular weight excluding hydrogens is 236 g/mol. The first-order valence-corrected chi connectivity index (χ1v) is 7.81. The first-order valence-electron chi connectivity index (χ1n) is 7.81. The van der Waals surface area contributed by atoms with Crippen molar-refractivity contribution in [2.45, 2.75) is 58.9 Å². The van der Waals surface area contributed by atoms with Gasteiger partial charge in [0.05, 0.1) is 0 Å². The molecular formula is C15H28N4. The summed E-state index contributed by atoms with van der Waals surface area (Å²) in [6.45, 7) is 8.89. The average molecular weight is 264 g/mol. The van der Waals surface area contributed by atoms with E-state index in [-0.39, 0.29) is 0 Å². The second kappa shape index (κ2) is 7.04. The summed E-state index contributed by atoms with van der Waals surface area (Å²) >= 11 is 0. The third-order valence-corrected chi connectivity index (χ3v) is 4.23. The van der Waals surface area contributed by atoms with Crippen LogP contribution in [0.2, 0.25) is 0 Å². The Balaban J connectivity index is 1.91. The molecule has 1 heterocycles. The second-order valence-electron chi connectivity index (χ2n) is 6.07. The molecule has 1 aromatic rings. The van der Waals surface area contributed by atoms with Crippen molar-refractivity contribution in [3.05, 3.63) is 12.2 Å². The highest BCUT2D eigenvalue weighted by Crippen LogP contribution is 2.33. The second-order valence-corrected chi connectivity index (χ2v) is 6.07. The lowest BCUT2D eigenvalue weighted by molar-refractivity contribution is 0.350. The van der Waals surface area contributed by atoms with E-state index in [0.717, 1.165) is 24.8 Å². The predicted molar refractivity (Wildman–Crippen MR) is 78.1 cm³/mol. The Bertz CT molecular complexity index is 372. The molecule has 0 aliphatic heterocycles. The minimum Gasteiger partial charge on any atom is -0.316 e. The maximum atomic E-state index is 4.46. The number of rotatable bonds is 7. The molecule has 1 fully saturated rings. The van der Waals surface area contributed by atoms with Crippen LogP contribution in [-0.4, -0.2) is 27.9 Å². The Kier molecular flexibility index (Phi) is 5.37. The zero-order valence-corrected chi connectivity index (χ0v) is 12.6. The van der Waals surface area contributed by atoms with Crippen molar-refractivity contribution in [1.29, 1.82) is 0 Å². The van der Waals surface area contributed by atoms with Gasteiger partial charge < -0.3 is 5.32 Å². The van der Waals surface area contributed by atoms with Crippen molar-refractivity contribution < 1.29 is 0 Å². The maximum Gasteiger partial charge on any atom is 0.138 e. The van der Waals surface area contributed by atoms with Gasteiger partial charge in [-0.1, -0.05) is 13.3 Å². The molecule has 0 saturated heterocycles. The van der Waals surface area contributed by atoms with Crippen LogP contribution in [0.5, 0.6) is 0 Å². The quantitative estimate of drug-likeness (QED) is 0.770. The SMILES string of the molecule is CCCNCC1CCCC1Cc1ncnn1C(C)C. The zero-order chi connectivity index (χ0) is 13.7. The van der Waals surface area contributed by atoms with Crippen LogP contribution in [0.4, 0.5) is 0 Å². The van der Waals surface area contributed by atoms with Crippen molar-refractivity contribution in [2.24, 2.45) is 11.8 Å². The van der Waals surface area contributed by atoms with E-state index in [0.29, 0.717) is 6.04 Å². The molecule has 2 atom stereocenters. The van der Waals surface area contributed by atoms with Gasteiger partial charge in [0.1, 0.15) is 12.2 Å². The van der Waals surface area contributed by atoms with Crippen molar-refractivity contribution in [1.82, 2.24) is 20.1 Å². The van der Waals surface area contributed by atoms with Gasteiger partial charge in [-0.05, 0) is 58.0 Å². The van der Waals surface area contributed by atoms with Crippen molar-refractivity contribution in [3.63, 3.8) is 0 Å². The Morgan fingerprint density at radius 1 is 1.37 bits per heavy atom. The molecule has 1 aliphatic carbocycles. The molecule has 0 aromatic carbocycles. The van der Waals surface area contributed by atoms with Crippen LogP contribution in [0.1, 0.15) is 58.3 Å². The molecule has 1 aromatic heterocycles. The highest BCUT2D eigenvalue weighted by Gasteiger charge is 2.28. The summed E-state index contributed by atoms with van der Waals surface area (Å²) in [5.74, 6) is 2.78. The van der Waals surface area contributed by atoms with Gasteiger partial charge in [-0.15, -0.1) is 0 Å². The number of hydrogen-bond acceptors (Lipinski definition) is 3. The average Bonchev–Trinajstić information content (AvgIpc) is 3.00. The molecule has 0 radical (unpaired) electrons. The molecule has 19 heavy (non-hydrogen) atoms. The third-order valence-electron chi connectivity index (χ3n) is 4.23. The molecule has 4 nitrogen and oxygen atoms in total. The molecule has 0 bridgehead atoms. The molecule has 1 N–H and O–H groups in total. The minimum atomic E-state index is 0.413. The monoisotopic (exact) mass is 264 g/mol. The van der Waals surface area contributed by atoms with Crippen LogP contribution in [0.3, 0.4) is 0 Å². The van der Waals surface area contributed by atoms with Gasteiger partial charge in [0.2, 0.25) is 0 Å². The van der Waals surface area contributed by atoms with Crippen LogP contribution < -0.4 is 5.32 Å². The highest BCUT2D eigenvalue weighted by atomic mass is 15.3. The Morgan fingerprint density at radius 2 is 2.16 bits per heavy atom. The molecule has 1 saturated carbocycles. The van der Waals surface area contributed by atoms with Crippen LogP contribution in [0, 0.1) is 11.8 Å². The van der Waals surface area contributed by atoms with E-state index < -0.39 is 0 Å². The molecule has 2 unspecified atom stereocenters. The normalized spacial score (nSPS) is 23.4. The molecule has 0 spiro atoms. The van der Waals surface area contributed by atoms with E-state index in [1.165, 1.54) is 38.1 Å². The minimum absolute atomic E-state index is 0.413. The van der Waals surface area contributed by atoms with E-state index in [2.05, 4.69) is 40.9 Å². The number of nitrogens with one attached hydrogen (secondary N) is 1. The van der Waals surface area contributed by atoms with Crippen LogP contribution >= 0.6 is 0 Å². The summed E-state index contributed by atoms with van der Waals surface area (Å²) < 4.78 is 2.08. The first-order chi connectivity index (χ1) is 9.22. The van der Waals surface area contributed by atoms with E-state index >= 15 is 0 Å². The lowest BCUT2D eigenvalue weighted by Gasteiger charge is -2.20. The first kappa shape index (κ1) is 14.5. The van der Waals surface area contributed by atoms with Gasteiger partial charge >= 0.3 is 0 Å². The fourth-order valence-electron chi connectivity index (χ4n) is 3.20. The summed E-state index contributed by atoms with van der Waals surface area (Å²) in [7, 11) is 0. The number of aromatic nitrogens is 3. The topological polar surface area (TPSA) is 42.7 Å². The van der Waals surface area contributed by atoms with Gasteiger partial charge in [0.25, 0.3) is 0 Å². The smallest absolute Gasteiger partial charge is 0.138 e. The fourth-order valence-corrected chi connectivity index (χ4v) is 3.20. The highest BCUT2D eigenvalue weighted by molar-refractivity contribution is 4.93. The number of nitrogens with zero attached hydrogens (tertiary/aromatic N) is 3. The fraction of sp³-hybridized carbons (Fsp3) is 0.867. The summed E-state index contributed by atoms with van der Waals surface area (Å²) in [6, 6.07) is 0.413. The number of hydrogen-bond donors (Lipinski definition) is 1. The third kappa shape index (κ3) is 3.78. The van der Waals surface area contributed by atoms with Gasteiger partial charge in [-0.3, -0.25) is 0 Å². The molecule has 0 amide bonds. The van der Waals surface area contributed by atoms with Gasteiger partial charge in [0.15, 0.2) is 0 Å². The molecule has 108 valence electrons. The lowest BCUT2D eigenvalue weighted by atomic mass is 9.92. The van der Waals surface area contributed by atoms with Gasteiger partial charge in [-0.25, -0.2) is 9.67 Å². The van der Waals surface area contributed by atoms with E-state index in [9.17, 15) is 0 Å². The van der Waals surface area contributed by atoms with Crippen LogP contribution in [0.15, 0.2) is 6.33 Å². The molecule has 2 rings (SSSR count). The summed E-state index contributed by atoms with van der Waals surface area (Å²) in [5, 5.41) is 7.93. The standard InChI is InChI=1S/C15H28N4/c1-4-8-16-10-14-7-5-6-13(14)9-15-17-11-18-19(15)12(2)3/h11-14,16H,4-10H2,1-3H3. The zero-order valence-electron chi connectivity index (χ0n) is 12.6. The van der Waals surface area contributed by atoms with Gasteiger partial charge in [0, 0.05) is 12.5 Å².